The molecule has 1 rings (SSSR count). The summed E-state index contributed by atoms with van der Waals surface area (Å²) in [7, 11) is 0. The molecular weight excluding hydrogens is 310 g/mol. The van der Waals surface area contributed by atoms with Crippen molar-refractivity contribution < 1.29 is 0 Å². The molecule has 0 aliphatic rings. The van der Waals surface area contributed by atoms with Crippen LogP contribution in [0.3, 0.4) is 0 Å². The summed E-state index contributed by atoms with van der Waals surface area (Å²) in [4.78, 5) is 4.28. The zero-order valence-corrected chi connectivity index (χ0v) is 11.9. The molecule has 0 saturated carbocycles. The van der Waals surface area contributed by atoms with Gasteiger partial charge in [0.2, 0.25) is 0 Å². The van der Waals surface area contributed by atoms with Crippen molar-refractivity contribution in [3.63, 3.8) is 0 Å². The van der Waals surface area contributed by atoms with Crippen molar-refractivity contribution >= 4 is 50.1 Å². The molecule has 0 radical (unpaired) electrons. The number of hydrogen-bond acceptors (Lipinski definition) is 3. The van der Waals surface area contributed by atoms with E-state index in [-0.39, 0.29) is 0 Å². The molecule has 0 atom stereocenters. The summed E-state index contributed by atoms with van der Waals surface area (Å²) in [6, 6.07) is 3.65. The van der Waals surface area contributed by atoms with Crippen LogP contribution in [-0.2, 0) is 0 Å². The minimum Gasteiger partial charge on any atom is -0.271 e. The van der Waals surface area contributed by atoms with Crippen LogP contribution in [0.15, 0.2) is 21.6 Å². The highest BCUT2D eigenvalue weighted by Gasteiger charge is 2.04. The van der Waals surface area contributed by atoms with Crippen LogP contribution in [0.2, 0.25) is 5.02 Å². The molecule has 16 heavy (non-hydrogen) atoms. The van der Waals surface area contributed by atoms with Crippen LogP contribution in [0.4, 0.5) is 5.69 Å². The van der Waals surface area contributed by atoms with Gasteiger partial charge in [-0.05, 0) is 46.8 Å². The quantitative estimate of drug-likeness (QED) is 0.370. The zero-order chi connectivity index (χ0) is 12.1. The molecule has 6 heteroatoms. The third kappa shape index (κ3) is 3.41. The van der Waals surface area contributed by atoms with Crippen molar-refractivity contribution in [1.82, 2.24) is 5.32 Å². The van der Waals surface area contributed by atoms with Gasteiger partial charge in [0.05, 0.1) is 5.69 Å². The summed E-state index contributed by atoms with van der Waals surface area (Å²) >= 11 is 10.8. The number of rotatable bonds is 1. The monoisotopic (exact) mass is 317 g/mol. The zero-order valence-electron chi connectivity index (χ0n) is 8.71. The standard InChI is InChI=1S/C10H9BrClN3S/c1-6-3-7(11)9(4-8(6)12)15-10(16-2)14-5-13/h3-4H,1-2H3,(H,14,15). The van der Waals surface area contributed by atoms with Gasteiger partial charge in [0.1, 0.15) is 0 Å². The molecule has 1 N–H and O–H groups in total. The number of nitrogens with zero attached hydrogens (tertiary/aromatic N) is 2. The molecule has 0 aliphatic heterocycles. The fraction of sp³-hybridized carbons (Fsp3) is 0.200. The van der Waals surface area contributed by atoms with Gasteiger partial charge in [-0.1, -0.05) is 23.4 Å². The molecule has 0 aromatic heterocycles. The van der Waals surface area contributed by atoms with Crippen LogP contribution in [0.1, 0.15) is 5.56 Å². The van der Waals surface area contributed by atoms with Gasteiger partial charge < -0.3 is 0 Å². The Morgan fingerprint density at radius 2 is 2.31 bits per heavy atom. The highest BCUT2D eigenvalue weighted by atomic mass is 79.9. The van der Waals surface area contributed by atoms with E-state index in [1.54, 1.807) is 6.07 Å². The Morgan fingerprint density at radius 1 is 1.62 bits per heavy atom. The highest BCUT2D eigenvalue weighted by molar-refractivity contribution is 9.10. The summed E-state index contributed by atoms with van der Waals surface area (Å²) in [5.41, 5.74) is 1.68. The Bertz CT molecular complexity index is 468. The van der Waals surface area contributed by atoms with Crippen molar-refractivity contribution in [3.05, 3.63) is 27.2 Å². The van der Waals surface area contributed by atoms with E-state index in [1.165, 1.54) is 11.8 Å². The predicted molar refractivity (Wildman–Crippen MR) is 73.2 cm³/mol. The van der Waals surface area contributed by atoms with Crippen LogP contribution in [0.25, 0.3) is 0 Å². The lowest BCUT2D eigenvalue weighted by atomic mass is 10.2. The first kappa shape index (κ1) is 13.4. The van der Waals surface area contributed by atoms with E-state index in [0.717, 1.165) is 10.0 Å². The predicted octanol–water partition coefficient (Wildman–Crippen LogP) is 3.83. The Kier molecular flexibility index (Phi) is 5.13. The van der Waals surface area contributed by atoms with Crippen LogP contribution in [-0.4, -0.2) is 11.4 Å². The van der Waals surface area contributed by atoms with Crippen LogP contribution < -0.4 is 5.32 Å². The molecule has 0 saturated heterocycles. The van der Waals surface area contributed by atoms with Gasteiger partial charge in [0.15, 0.2) is 11.4 Å². The number of nitriles is 1. The van der Waals surface area contributed by atoms with E-state index in [0.29, 0.717) is 15.9 Å². The van der Waals surface area contributed by atoms with E-state index in [9.17, 15) is 0 Å². The maximum atomic E-state index is 8.52. The first-order valence-corrected chi connectivity index (χ1v) is 6.71. The molecular formula is C10H9BrClN3S. The maximum absolute atomic E-state index is 8.52. The SMILES string of the molecule is CSC(=Nc1cc(Cl)c(C)cc1Br)NC#N. The van der Waals surface area contributed by atoms with Crippen molar-refractivity contribution in [2.75, 3.05) is 6.26 Å². The third-order valence-corrected chi connectivity index (χ3v) is 3.43. The number of thioether (sulfide) groups is 1. The lowest BCUT2D eigenvalue weighted by molar-refractivity contribution is 1.27. The number of amidine groups is 1. The summed E-state index contributed by atoms with van der Waals surface area (Å²) < 4.78 is 0.848. The van der Waals surface area contributed by atoms with Gasteiger partial charge >= 0.3 is 0 Å². The Morgan fingerprint density at radius 3 is 2.88 bits per heavy atom. The van der Waals surface area contributed by atoms with E-state index < -0.39 is 0 Å². The minimum absolute atomic E-state index is 0.531. The van der Waals surface area contributed by atoms with Crippen molar-refractivity contribution in [1.29, 1.82) is 5.26 Å². The largest absolute Gasteiger partial charge is 0.271 e. The molecule has 1 aromatic carbocycles. The summed E-state index contributed by atoms with van der Waals surface area (Å²) in [6.07, 6.45) is 3.67. The van der Waals surface area contributed by atoms with Gasteiger partial charge in [0, 0.05) is 9.50 Å². The second kappa shape index (κ2) is 6.14. The molecule has 0 unspecified atom stereocenters. The van der Waals surface area contributed by atoms with Gasteiger partial charge in [0.25, 0.3) is 0 Å². The van der Waals surface area contributed by atoms with E-state index in [4.69, 9.17) is 16.9 Å². The van der Waals surface area contributed by atoms with E-state index >= 15 is 0 Å². The van der Waals surface area contributed by atoms with Gasteiger partial charge in [-0.15, -0.1) is 0 Å². The molecule has 0 bridgehead atoms. The minimum atomic E-state index is 0.531. The molecule has 3 nitrogen and oxygen atoms in total. The Balaban J connectivity index is 3.14. The molecule has 0 aliphatic carbocycles. The number of aliphatic imine (C=N–C) groups is 1. The summed E-state index contributed by atoms with van der Waals surface area (Å²) in [6.45, 7) is 1.92. The van der Waals surface area contributed by atoms with Gasteiger partial charge in [-0.3, -0.25) is 5.32 Å². The van der Waals surface area contributed by atoms with Crippen molar-refractivity contribution in [3.8, 4) is 6.19 Å². The second-order valence-electron chi connectivity index (χ2n) is 2.91. The number of nitrogens with one attached hydrogen (secondary N) is 1. The number of hydrogen-bond donors (Lipinski definition) is 1. The first-order valence-electron chi connectivity index (χ1n) is 4.32. The molecule has 1 aromatic rings. The molecule has 0 fully saturated rings. The smallest absolute Gasteiger partial charge is 0.183 e. The number of benzene rings is 1. The second-order valence-corrected chi connectivity index (χ2v) is 4.97. The number of aryl methyl sites for hydroxylation is 1. The van der Waals surface area contributed by atoms with E-state index in [2.05, 4.69) is 26.2 Å². The summed E-state index contributed by atoms with van der Waals surface area (Å²) in [5.74, 6) is 0. The van der Waals surface area contributed by atoms with Crippen LogP contribution in [0.5, 0.6) is 0 Å². The average Bonchev–Trinajstić information content (AvgIpc) is 2.25. The Labute approximate surface area is 112 Å². The Hall–Kier alpha value is -0.700. The highest BCUT2D eigenvalue weighted by Crippen LogP contribution is 2.31. The van der Waals surface area contributed by atoms with Crippen LogP contribution in [0, 0.1) is 18.4 Å². The lowest BCUT2D eigenvalue weighted by Gasteiger charge is -2.05. The van der Waals surface area contributed by atoms with Crippen molar-refractivity contribution in [2.45, 2.75) is 6.92 Å². The number of halogens is 2. The molecule has 84 valence electrons. The molecule has 0 heterocycles. The first-order chi connectivity index (χ1) is 7.58. The molecule has 0 spiro atoms. The summed E-state index contributed by atoms with van der Waals surface area (Å²) in [5, 5.41) is 12.2. The lowest BCUT2D eigenvalue weighted by Crippen LogP contribution is -2.12. The van der Waals surface area contributed by atoms with Gasteiger partial charge in [-0.25, -0.2) is 4.99 Å². The van der Waals surface area contributed by atoms with E-state index in [1.807, 2.05) is 25.4 Å². The average molecular weight is 319 g/mol. The fourth-order valence-corrected chi connectivity index (χ4v) is 2.05. The topological polar surface area (TPSA) is 48.2 Å². The normalized spacial score (nSPS) is 11.1. The third-order valence-electron chi connectivity index (χ3n) is 1.81. The fourth-order valence-electron chi connectivity index (χ4n) is 1.00. The van der Waals surface area contributed by atoms with Crippen molar-refractivity contribution in [2.24, 2.45) is 4.99 Å². The van der Waals surface area contributed by atoms with Crippen LogP contribution >= 0.6 is 39.3 Å². The molecule has 0 amide bonds. The van der Waals surface area contributed by atoms with Gasteiger partial charge in [-0.2, -0.15) is 5.26 Å². The maximum Gasteiger partial charge on any atom is 0.183 e.